The third-order valence-corrected chi connectivity index (χ3v) is 6.43. The molecule has 0 aromatic heterocycles. The van der Waals surface area contributed by atoms with Crippen molar-refractivity contribution in [2.75, 3.05) is 36.0 Å². The molecule has 0 bridgehead atoms. The SMILES string of the molecule is O=C1N=C2N(CCN3CCCCC3)c3ccccc3N2/C1=C\c1cc([N+](=O)[O-])ccc1Cl. The number of guanidine groups is 1. The second-order valence-corrected chi connectivity index (χ2v) is 8.49. The molecule has 0 atom stereocenters. The molecule has 0 N–H and O–H groups in total. The molecule has 0 aliphatic carbocycles. The lowest BCUT2D eigenvalue weighted by molar-refractivity contribution is -0.384. The number of likely N-dealkylation sites (tertiary alicyclic amines) is 1. The van der Waals surface area contributed by atoms with Gasteiger partial charge in [0.05, 0.1) is 16.3 Å². The number of nitro benzene ring substituents is 1. The summed E-state index contributed by atoms with van der Waals surface area (Å²) < 4.78 is 0. The monoisotopic (exact) mass is 451 g/mol. The Morgan fingerprint density at radius 2 is 1.81 bits per heavy atom. The third-order valence-electron chi connectivity index (χ3n) is 6.09. The number of aliphatic imine (C=N–C) groups is 1. The van der Waals surface area contributed by atoms with E-state index in [4.69, 9.17) is 11.6 Å². The molecule has 3 aliphatic rings. The summed E-state index contributed by atoms with van der Waals surface area (Å²) in [5.74, 6) is 0.182. The molecule has 0 saturated carbocycles. The van der Waals surface area contributed by atoms with Gasteiger partial charge in [-0.05, 0) is 50.2 Å². The van der Waals surface area contributed by atoms with Crippen LogP contribution in [-0.2, 0) is 4.79 Å². The summed E-state index contributed by atoms with van der Waals surface area (Å²) >= 11 is 6.28. The minimum atomic E-state index is -0.482. The van der Waals surface area contributed by atoms with Gasteiger partial charge in [0.1, 0.15) is 5.70 Å². The molecule has 9 heteroatoms. The van der Waals surface area contributed by atoms with Gasteiger partial charge in [0.15, 0.2) is 0 Å². The standard InChI is InChI=1S/C23H22ClN5O3/c24-18-9-8-17(29(31)32)14-16(18)15-21-22(30)25-23-27(13-12-26-10-4-1-5-11-26)19-6-2-3-7-20(19)28(21)23/h2-3,6-9,14-15H,1,4-5,10-13H2/b21-15-. The minimum Gasteiger partial charge on any atom is -0.308 e. The molecular formula is C23H22ClN5O3. The molecule has 3 heterocycles. The van der Waals surface area contributed by atoms with Crippen LogP contribution in [0.1, 0.15) is 24.8 Å². The first-order valence-corrected chi connectivity index (χ1v) is 11.1. The largest absolute Gasteiger partial charge is 0.308 e. The molecule has 0 radical (unpaired) electrons. The number of hydrogen-bond donors (Lipinski definition) is 0. The van der Waals surface area contributed by atoms with Crippen LogP contribution in [0, 0.1) is 10.1 Å². The third kappa shape index (κ3) is 3.65. The Morgan fingerprint density at radius 1 is 1.06 bits per heavy atom. The van der Waals surface area contributed by atoms with Crippen LogP contribution in [0.5, 0.6) is 0 Å². The van der Waals surface area contributed by atoms with Crippen molar-refractivity contribution in [1.29, 1.82) is 0 Å². The first kappa shape index (κ1) is 20.7. The van der Waals surface area contributed by atoms with E-state index >= 15 is 0 Å². The Morgan fingerprint density at radius 3 is 2.56 bits per heavy atom. The van der Waals surface area contributed by atoms with E-state index in [1.165, 1.54) is 37.5 Å². The molecule has 0 spiro atoms. The molecule has 32 heavy (non-hydrogen) atoms. The van der Waals surface area contributed by atoms with Gasteiger partial charge in [-0.1, -0.05) is 30.2 Å². The Hall–Kier alpha value is -3.23. The fraction of sp³-hybridized carbons (Fsp3) is 0.304. The Labute approximate surface area is 190 Å². The van der Waals surface area contributed by atoms with E-state index in [1.807, 2.05) is 29.2 Å². The second-order valence-electron chi connectivity index (χ2n) is 8.09. The van der Waals surface area contributed by atoms with Crippen LogP contribution in [-0.4, -0.2) is 47.9 Å². The zero-order valence-electron chi connectivity index (χ0n) is 17.4. The van der Waals surface area contributed by atoms with Crippen molar-refractivity contribution >= 4 is 46.6 Å². The minimum absolute atomic E-state index is 0.0854. The first-order chi connectivity index (χ1) is 15.5. The number of para-hydroxylation sites is 2. The normalized spacial score (nSPS) is 19.3. The van der Waals surface area contributed by atoms with E-state index in [0.717, 1.165) is 37.6 Å². The predicted molar refractivity (Wildman–Crippen MR) is 125 cm³/mol. The lowest BCUT2D eigenvalue weighted by Gasteiger charge is -2.29. The highest BCUT2D eigenvalue weighted by atomic mass is 35.5. The maximum atomic E-state index is 12.9. The van der Waals surface area contributed by atoms with Crippen molar-refractivity contribution < 1.29 is 9.72 Å². The summed E-state index contributed by atoms with van der Waals surface area (Å²) in [5.41, 5.74) is 2.51. The number of piperidine rings is 1. The number of fused-ring (bicyclic) bond motifs is 3. The molecule has 164 valence electrons. The van der Waals surface area contributed by atoms with Crippen molar-refractivity contribution in [2.24, 2.45) is 4.99 Å². The average Bonchev–Trinajstić information content (AvgIpc) is 3.27. The molecule has 2 aromatic carbocycles. The van der Waals surface area contributed by atoms with E-state index in [-0.39, 0.29) is 11.6 Å². The fourth-order valence-corrected chi connectivity index (χ4v) is 4.66. The Bertz CT molecular complexity index is 1160. The van der Waals surface area contributed by atoms with Crippen molar-refractivity contribution in [3.05, 3.63) is 68.9 Å². The fourth-order valence-electron chi connectivity index (χ4n) is 4.48. The van der Waals surface area contributed by atoms with Crippen molar-refractivity contribution in [2.45, 2.75) is 19.3 Å². The molecule has 3 aliphatic heterocycles. The van der Waals surface area contributed by atoms with E-state index in [1.54, 1.807) is 6.08 Å². The number of benzene rings is 2. The van der Waals surface area contributed by atoms with Gasteiger partial charge in [0, 0.05) is 35.8 Å². The summed E-state index contributed by atoms with van der Waals surface area (Å²) in [6.07, 6.45) is 5.31. The van der Waals surface area contributed by atoms with Crippen LogP contribution < -0.4 is 9.80 Å². The number of nitrogens with zero attached hydrogens (tertiary/aromatic N) is 5. The number of rotatable bonds is 5. The first-order valence-electron chi connectivity index (χ1n) is 10.7. The number of carbonyl (C=O) groups excluding carboxylic acids is 1. The van der Waals surface area contributed by atoms with E-state index in [2.05, 4.69) is 14.8 Å². The van der Waals surface area contributed by atoms with Gasteiger partial charge in [-0.15, -0.1) is 0 Å². The zero-order chi connectivity index (χ0) is 22.2. The summed E-state index contributed by atoms with van der Waals surface area (Å²) in [7, 11) is 0. The average molecular weight is 452 g/mol. The highest BCUT2D eigenvalue weighted by Gasteiger charge is 2.42. The number of anilines is 2. The zero-order valence-corrected chi connectivity index (χ0v) is 18.2. The Kier molecular flexibility index (Phi) is 5.40. The summed E-state index contributed by atoms with van der Waals surface area (Å²) in [5, 5.41) is 11.5. The van der Waals surface area contributed by atoms with Crippen LogP contribution in [0.4, 0.5) is 17.1 Å². The molecule has 1 fully saturated rings. The van der Waals surface area contributed by atoms with Crippen molar-refractivity contribution in [1.82, 2.24) is 4.90 Å². The van der Waals surface area contributed by atoms with Gasteiger partial charge < -0.3 is 9.80 Å². The summed E-state index contributed by atoms with van der Waals surface area (Å²) in [4.78, 5) is 34.3. The number of non-ortho nitro benzene ring substituents is 1. The summed E-state index contributed by atoms with van der Waals surface area (Å²) in [6, 6.07) is 12.1. The van der Waals surface area contributed by atoms with Gasteiger partial charge in [-0.25, -0.2) is 0 Å². The number of hydrogen-bond acceptors (Lipinski definition) is 6. The highest BCUT2D eigenvalue weighted by molar-refractivity contribution is 6.33. The molecular weight excluding hydrogens is 430 g/mol. The van der Waals surface area contributed by atoms with Gasteiger partial charge in [-0.3, -0.25) is 19.8 Å². The maximum Gasteiger partial charge on any atom is 0.297 e. The summed E-state index contributed by atoms with van der Waals surface area (Å²) in [6.45, 7) is 3.82. The van der Waals surface area contributed by atoms with E-state index in [9.17, 15) is 14.9 Å². The van der Waals surface area contributed by atoms with E-state index < -0.39 is 4.92 Å². The van der Waals surface area contributed by atoms with Crippen LogP contribution in [0.25, 0.3) is 6.08 Å². The molecule has 0 unspecified atom stereocenters. The van der Waals surface area contributed by atoms with Crippen molar-refractivity contribution in [3.63, 3.8) is 0 Å². The smallest absolute Gasteiger partial charge is 0.297 e. The van der Waals surface area contributed by atoms with Gasteiger partial charge >= 0.3 is 0 Å². The van der Waals surface area contributed by atoms with Gasteiger partial charge in [0.2, 0.25) is 5.96 Å². The van der Waals surface area contributed by atoms with Crippen LogP contribution in [0.3, 0.4) is 0 Å². The number of halogens is 1. The van der Waals surface area contributed by atoms with Gasteiger partial charge in [0.25, 0.3) is 11.6 Å². The van der Waals surface area contributed by atoms with Crippen molar-refractivity contribution in [3.8, 4) is 0 Å². The van der Waals surface area contributed by atoms with E-state index in [0.29, 0.717) is 22.2 Å². The molecule has 8 nitrogen and oxygen atoms in total. The number of amides is 1. The molecule has 2 aromatic rings. The lowest BCUT2D eigenvalue weighted by Crippen LogP contribution is -2.41. The maximum absolute atomic E-state index is 12.9. The van der Waals surface area contributed by atoms with Crippen LogP contribution >= 0.6 is 11.6 Å². The number of nitro groups is 1. The van der Waals surface area contributed by atoms with Crippen LogP contribution in [0.15, 0.2) is 53.2 Å². The Balaban J connectivity index is 1.49. The molecule has 1 saturated heterocycles. The number of carbonyl (C=O) groups is 1. The lowest BCUT2D eigenvalue weighted by atomic mass is 10.1. The highest BCUT2D eigenvalue weighted by Crippen LogP contribution is 2.42. The molecule has 5 rings (SSSR count). The topological polar surface area (TPSA) is 82.3 Å². The second kappa shape index (κ2) is 8.37. The quantitative estimate of drug-likeness (QED) is 0.383. The van der Waals surface area contributed by atoms with Gasteiger partial charge in [-0.2, -0.15) is 4.99 Å². The molecule has 1 amide bonds. The van der Waals surface area contributed by atoms with Crippen LogP contribution in [0.2, 0.25) is 5.02 Å². The predicted octanol–water partition coefficient (Wildman–Crippen LogP) is 4.30.